The minimum absolute atomic E-state index is 0.0783. The van der Waals surface area contributed by atoms with E-state index in [0.29, 0.717) is 10.7 Å². The number of anilines is 2. The zero-order valence-corrected chi connectivity index (χ0v) is 12.5. The van der Waals surface area contributed by atoms with E-state index >= 15 is 0 Å². The quantitative estimate of drug-likeness (QED) is 0.603. The maximum absolute atomic E-state index is 13.1. The fraction of sp³-hybridized carbons (Fsp3) is 0. The fourth-order valence-corrected chi connectivity index (χ4v) is 2.41. The molecule has 2 rings (SSSR count). The molecular formula is C13H9ClFIN2O. The summed E-state index contributed by atoms with van der Waals surface area (Å²) in [6, 6.07) is 8.83. The summed E-state index contributed by atoms with van der Waals surface area (Å²) in [5.41, 5.74) is 6.39. The van der Waals surface area contributed by atoms with Crippen molar-refractivity contribution in [2.75, 3.05) is 11.1 Å². The molecule has 0 spiro atoms. The van der Waals surface area contributed by atoms with Crippen molar-refractivity contribution in [3.05, 3.63) is 56.4 Å². The average Bonchev–Trinajstić information content (AvgIpc) is 2.35. The molecular weight excluding hydrogens is 382 g/mol. The van der Waals surface area contributed by atoms with E-state index in [9.17, 15) is 9.18 Å². The highest BCUT2D eigenvalue weighted by atomic mass is 127. The molecule has 0 heterocycles. The van der Waals surface area contributed by atoms with E-state index in [-0.39, 0.29) is 11.3 Å². The first-order valence-electron chi connectivity index (χ1n) is 5.29. The Hall–Kier alpha value is -1.34. The van der Waals surface area contributed by atoms with Crippen LogP contribution in [0.2, 0.25) is 5.02 Å². The molecule has 0 aliphatic carbocycles. The van der Waals surface area contributed by atoms with Gasteiger partial charge in [-0.2, -0.15) is 0 Å². The van der Waals surface area contributed by atoms with Crippen molar-refractivity contribution in [2.24, 2.45) is 0 Å². The Morgan fingerprint density at radius 2 is 2.00 bits per heavy atom. The number of benzene rings is 2. The number of carbonyl (C=O) groups is 1. The molecule has 19 heavy (non-hydrogen) atoms. The van der Waals surface area contributed by atoms with Crippen LogP contribution in [0.4, 0.5) is 15.8 Å². The van der Waals surface area contributed by atoms with Gasteiger partial charge in [-0.3, -0.25) is 4.79 Å². The van der Waals surface area contributed by atoms with Gasteiger partial charge < -0.3 is 11.1 Å². The van der Waals surface area contributed by atoms with Crippen molar-refractivity contribution in [2.45, 2.75) is 0 Å². The van der Waals surface area contributed by atoms with Crippen molar-refractivity contribution >= 4 is 51.5 Å². The first-order valence-corrected chi connectivity index (χ1v) is 6.74. The molecule has 2 aromatic carbocycles. The van der Waals surface area contributed by atoms with Gasteiger partial charge >= 0.3 is 0 Å². The third-order valence-corrected chi connectivity index (χ3v) is 3.42. The summed E-state index contributed by atoms with van der Waals surface area (Å²) < 4.78 is 14.1. The number of carbonyl (C=O) groups excluding carboxylic acids is 1. The Morgan fingerprint density at radius 3 is 2.68 bits per heavy atom. The summed E-state index contributed by atoms with van der Waals surface area (Å²) in [5, 5.41) is 3.01. The molecule has 6 heteroatoms. The number of hydrogen-bond donors (Lipinski definition) is 2. The topological polar surface area (TPSA) is 55.1 Å². The molecule has 98 valence electrons. The number of nitrogens with two attached hydrogens (primary N) is 1. The van der Waals surface area contributed by atoms with E-state index in [1.165, 1.54) is 12.1 Å². The van der Waals surface area contributed by atoms with Crippen LogP contribution in [0.25, 0.3) is 0 Å². The zero-order valence-electron chi connectivity index (χ0n) is 9.58. The maximum atomic E-state index is 13.1. The van der Waals surface area contributed by atoms with Crippen LogP contribution >= 0.6 is 34.2 Å². The molecule has 0 unspecified atom stereocenters. The number of nitrogens with one attached hydrogen (secondary N) is 1. The fourth-order valence-electron chi connectivity index (χ4n) is 1.51. The largest absolute Gasteiger partial charge is 0.398 e. The lowest BCUT2D eigenvalue weighted by Crippen LogP contribution is -2.14. The van der Waals surface area contributed by atoms with Crippen LogP contribution in [-0.2, 0) is 0 Å². The molecule has 0 aromatic heterocycles. The third-order valence-electron chi connectivity index (χ3n) is 2.44. The highest BCUT2D eigenvalue weighted by Crippen LogP contribution is 2.25. The first-order chi connectivity index (χ1) is 8.97. The first kappa shape index (κ1) is 14.1. The van der Waals surface area contributed by atoms with Crippen LogP contribution in [0.3, 0.4) is 0 Å². The summed E-state index contributed by atoms with van der Waals surface area (Å²) in [6.07, 6.45) is 0. The van der Waals surface area contributed by atoms with Gasteiger partial charge in [0.05, 0.1) is 16.3 Å². The lowest BCUT2D eigenvalue weighted by molar-refractivity contribution is 0.102. The molecule has 3 N–H and O–H groups in total. The van der Waals surface area contributed by atoms with Crippen molar-refractivity contribution in [3.63, 3.8) is 0 Å². The summed E-state index contributed by atoms with van der Waals surface area (Å²) in [4.78, 5) is 12.0. The van der Waals surface area contributed by atoms with Gasteiger partial charge in [-0.15, -0.1) is 0 Å². The number of halogens is 3. The minimum Gasteiger partial charge on any atom is -0.398 e. The standard InChI is InChI=1S/C13H9ClFIN2O/c14-10-6-8(16)2-4-12(10)18-13(19)9-5-7(15)1-3-11(9)17/h1-6H,17H2,(H,18,19). The van der Waals surface area contributed by atoms with Crippen LogP contribution in [0.15, 0.2) is 36.4 Å². The van der Waals surface area contributed by atoms with Gasteiger partial charge in [0.2, 0.25) is 0 Å². The van der Waals surface area contributed by atoms with Crippen LogP contribution in [0.1, 0.15) is 10.4 Å². The maximum Gasteiger partial charge on any atom is 0.257 e. The van der Waals surface area contributed by atoms with E-state index < -0.39 is 11.7 Å². The summed E-state index contributed by atoms with van der Waals surface area (Å²) >= 11 is 8.12. The molecule has 0 saturated heterocycles. The van der Waals surface area contributed by atoms with Gasteiger partial charge in [0.1, 0.15) is 5.82 Å². The van der Waals surface area contributed by atoms with Gasteiger partial charge in [0.15, 0.2) is 0 Å². The van der Waals surface area contributed by atoms with Crippen molar-refractivity contribution in [1.29, 1.82) is 0 Å². The SMILES string of the molecule is Nc1ccc(F)cc1C(=O)Nc1ccc(I)cc1Cl. The van der Waals surface area contributed by atoms with E-state index in [0.717, 1.165) is 9.64 Å². The molecule has 1 amide bonds. The van der Waals surface area contributed by atoms with E-state index in [1.54, 1.807) is 18.2 Å². The van der Waals surface area contributed by atoms with Crippen LogP contribution in [0.5, 0.6) is 0 Å². The average molecular weight is 391 g/mol. The molecule has 0 saturated carbocycles. The lowest BCUT2D eigenvalue weighted by atomic mass is 10.1. The van der Waals surface area contributed by atoms with Gasteiger partial charge in [0, 0.05) is 9.26 Å². The normalized spacial score (nSPS) is 10.3. The van der Waals surface area contributed by atoms with Gasteiger partial charge in [-0.25, -0.2) is 4.39 Å². The van der Waals surface area contributed by atoms with E-state index in [2.05, 4.69) is 27.9 Å². The van der Waals surface area contributed by atoms with Crippen molar-refractivity contribution in [1.82, 2.24) is 0 Å². The molecule has 0 atom stereocenters. The van der Waals surface area contributed by atoms with Crippen molar-refractivity contribution < 1.29 is 9.18 Å². The molecule has 2 aromatic rings. The zero-order chi connectivity index (χ0) is 14.0. The molecule has 0 aliphatic rings. The van der Waals surface area contributed by atoms with E-state index in [4.69, 9.17) is 17.3 Å². The minimum atomic E-state index is -0.520. The molecule has 0 fully saturated rings. The Kier molecular flexibility index (Phi) is 4.26. The predicted octanol–water partition coefficient (Wildman–Crippen LogP) is 3.92. The number of rotatable bonds is 2. The van der Waals surface area contributed by atoms with Crippen LogP contribution in [0, 0.1) is 9.39 Å². The summed E-state index contributed by atoms with van der Waals surface area (Å²) in [5.74, 6) is -1.02. The Morgan fingerprint density at radius 1 is 1.26 bits per heavy atom. The monoisotopic (exact) mass is 390 g/mol. The second-order valence-electron chi connectivity index (χ2n) is 3.81. The number of amides is 1. The van der Waals surface area contributed by atoms with Crippen LogP contribution in [-0.4, -0.2) is 5.91 Å². The van der Waals surface area contributed by atoms with Gasteiger partial charge in [-0.1, -0.05) is 11.6 Å². The Bertz CT molecular complexity index is 649. The molecule has 3 nitrogen and oxygen atoms in total. The number of hydrogen-bond acceptors (Lipinski definition) is 2. The highest BCUT2D eigenvalue weighted by Gasteiger charge is 2.12. The molecule has 0 radical (unpaired) electrons. The Labute approximate surface area is 128 Å². The Balaban J connectivity index is 2.28. The second kappa shape index (κ2) is 5.75. The smallest absolute Gasteiger partial charge is 0.257 e. The van der Waals surface area contributed by atoms with E-state index in [1.807, 2.05) is 0 Å². The number of nitrogen functional groups attached to an aromatic ring is 1. The third kappa shape index (κ3) is 3.36. The summed E-state index contributed by atoms with van der Waals surface area (Å²) in [7, 11) is 0. The van der Waals surface area contributed by atoms with Crippen molar-refractivity contribution in [3.8, 4) is 0 Å². The molecule has 0 bridgehead atoms. The predicted molar refractivity (Wildman–Crippen MR) is 82.9 cm³/mol. The highest BCUT2D eigenvalue weighted by molar-refractivity contribution is 14.1. The van der Waals surface area contributed by atoms with Gasteiger partial charge in [-0.05, 0) is 59.0 Å². The second-order valence-corrected chi connectivity index (χ2v) is 5.46. The lowest BCUT2D eigenvalue weighted by Gasteiger charge is -2.09. The van der Waals surface area contributed by atoms with Crippen LogP contribution < -0.4 is 11.1 Å². The van der Waals surface area contributed by atoms with Gasteiger partial charge in [0.25, 0.3) is 5.91 Å². The summed E-state index contributed by atoms with van der Waals surface area (Å²) in [6.45, 7) is 0. The molecule has 0 aliphatic heterocycles.